The topological polar surface area (TPSA) is 105 Å². The van der Waals surface area contributed by atoms with Crippen LogP contribution < -0.4 is 5.32 Å². The molecule has 7 nitrogen and oxygen atoms in total. The molecule has 0 aliphatic heterocycles. The molecule has 1 heterocycles. The van der Waals surface area contributed by atoms with E-state index < -0.39 is 10.9 Å². The van der Waals surface area contributed by atoms with Crippen LogP contribution in [0.3, 0.4) is 0 Å². The number of aromatic carboxylic acids is 1. The molecule has 0 aliphatic carbocycles. The SMILES string of the molecule is Cc1ccccc1Nc1ncc([N+](=O)[O-])cc1C(=O)O. The number of carbonyl (C=O) groups is 1. The Bertz CT molecular complexity index is 685. The van der Waals surface area contributed by atoms with Gasteiger partial charge in [0.05, 0.1) is 4.92 Å². The van der Waals surface area contributed by atoms with Gasteiger partial charge in [-0.25, -0.2) is 9.78 Å². The monoisotopic (exact) mass is 273 g/mol. The number of benzene rings is 1. The Morgan fingerprint density at radius 1 is 1.40 bits per heavy atom. The molecule has 1 aromatic carbocycles. The minimum Gasteiger partial charge on any atom is -0.478 e. The van der Waals surface area contributed by atoms with Crippen molar-refractivity contribution in [3.8, 4) is 0 Å². The summed E-state index contributed by atoms with van der Waals surface area (Å²) in [5.41, 5.74) is 0.987. The van der Waals surface area contributed by atoms with E-state index in [0.717, 1.165) is 17.8 Å². The van der Waals surface area contributed by atoms with Crippen molar-refractivity contribution in [1.82, 2.24) is 4.98 Å². The van der Waals surface area contributed by atoms with Gasteiger partial charge in [-0.05, 0) is 18.6 Å². The molecule has 0 bridgehead atoms. The molecule has 0 saturated heterocycles. The van der Waals surface area contributed by atoms with Gasteiger partial charge in [0.15, 0.2) is 0 Å². The van der Waals surface area contributed by atoms with Crippen molar-refractivity contribution in [1.29, 1.82) is 0 Å². The molecule has 2 aromatic rings. The summed E-state index contributed by atoms with van der Waals surface area (Å²) in [6, 6.07) is 8.25. The fraction of sp³-hybridized carbons (Fsp3) is 0.0769. The van der Waals surface area contributed by atoms with Crippen molar-refractivity contribution in [2.24, 2.45) is 0 Å². The highest BCUT2D eigenvalue weighted by molar-refractivity contribution is 5.94. The first-order valence-electron chi connectivity index (χ1n) is 5.69. The molecule has 20 heavy (non-hydrogen) atoms. The van der Waals surface area contributed by atoms with E-state index in [0.29, 0.717) is 5.69 Å². The van der Waals surface area contributed by atoms with Crippen molar-refractivity contribution < 1.29 is 14.8 Å². The zero-order chi connectivity index (χ0) is 14.7. The Morgan fingerprint density at radius 3 is 2.70 bits per heavy atom. The lowest BCUT2D eigenvalue weighted by molar-refractivity contribution is -0.385. The smallest absolute Gasteiger partial charge is 0.339 e. The van der Waals surface area contributed by atoms with E-state index in [2.05, 4.69) is 10.3 Å². The molecular formula is C13H11N3O4. The maximum absolute atomic E-state index is 11.2. The van der Waals surface area contributed by atoms with Gasteiger partial charge in [0, 0.05) is 11.8 Å². The third-order valence-electron chi connectivity index (χ3n) is 2.71. The second-order valence-electron chi connectivity index (χ2n) is 4.09. The largest absolute Gasteiger partial charge is 0.478 e. The van der Waals surface area contributed by atoms with Crippen molar-refractivity contribution >= 4 is 23.2 Å². The Balaban J connectivity index is 2.44. The van der Waals surface area contributed by atoms with Crippen molar-refractivity contribution in [3.63, 3.8) is 0 Å². The van der Waals surface area contributed by atoms with Gasteiger partial charge in [-0.1, -0.05) is 18.2 Å². The Hall–Kier alpha value is -2.96. The quantitative estimate of drug-likeness (QED) is 0.655. The fourth-order valence-corrected chi connectivity index (χ4v) is 1.66. The van der Waals surface area contributed by atoms with Crippen LogP contribution in [0, 0.1) is 17.0 Å². The number of pyridine rings is 1. The number of rotatable bonds is 4. The zero-order valence-electron chi connectivity index (χ0n) is 10.5. The summed E-state index contributed by atoms with van der Waals surface area (Å²) in [7, 11) is 0. The minimum atomic E-state index is -1.28. The predicted octanol–water partition coefficient (Wildman–Crippen LogP) is 2.74. The minimum absolute atomic E-state index is 0.0670. The van der Waals surface area contributed by atoms with E-state index in [-0.39, 0.29) is 17.1 Å². The predicted molar refractivity (Wildman–Crippen MR) is 72.3 cm³/mol. The van der Waals surface area contributed by atoms with Crippen LogP contribution in [0.4, 0.5) is 17.2 Å². The molecule has 7 heteroatoms. The van der Waals surface area contributed by atoms with E-state index in [1.54, 1.807) is 12.1 Å². The van der Waals surface area contributed by atoms with Gasteiger partial charge >= 0.3 is 5.97 Å². The van der Waals surface area contributed by atoms with Gasteiger partial charge in [-0.15, -0.1) is 0 Å². The summed E-state index contributed by atoms with van der Waals surface area (Å²) < 4.78 is 0. The highest BCUT2D eigenvalue weighted by Gasteiger charge is 2.17. The molecule has 2 rings (SSSR count). The number of nitrogens with zero attached hydrogens (tertiary/aromatic N) is 2. The van der Waals surface area contributed by atoms with E-state index in [4.69, 9.17) is 5.11 Å². The second-order valence-corrected chi connectivity index (χ2v) is 4.09. The van der Waals surface area contributed by atoms with Crippen LogP contribution in [0.15, 0.2) is 36.5 Å². The van der Waals surface area contributed by atoms with E-state index in [1.807, 2.05) is 19.1 Å². The average Bonchev–Trinajstić information content (AvgIpc) is 2.41. The lowest BCUT2D eigenvalue weighted by atomic mass is 10.2. The number of aromatic nitrogens is 1. The Morgan fingerprint density at radius 2 is 2.10 bits per heavy atom. The van der Waals surface area contributed by atoms with Crippen LogP contribution >= 0.6 is 0 Å². The van der Waals surface area contributed by atoms with Crippen LogP contribution in [0.1, 0.15) is 15.9 Å². The van der Waals surface area contributed by atoms with Gasteiger partial charge in [-0.2, -0.15) is 0 Å². The average molecular weight is 273 g/mol. The lowest BCUT2D eigenvalue weighted by Gasteiger charge is -2.10. The molecule has 0 amide bonds. The molecule has 0 saturated carbocycles. The molecule has 1 aromatic heterocycles. The number of nitrogens with one attached hydrogen (secondary N) is 1. The van der Waals surface area contributed by atoms with E-state index >= 15 is 0 Å². The van der Waals surface area contributed by atoms with E-state index in [9.17, 15) is 14.9 Å². The van der Waals surface area contributed by atoms with Gasteiger partial charge in [-0.3, -0.25) is 10.1 Å². The maximum Gasteiger partial charge on any atom is 0.339 e. The summed E-state index contributed by atoms with van der Waals surface area (Å²) in [5.74, 6) is -1.21. The molecule has 0 spiro atoms. The Kier molecular flexibility index (Phi) is 3.60. The molecule has 0 aliphatic rings. The summed E-state index contributed by atoms with van der Waals surface area (Å²) in [4.78, 5) is 25.0. The number of carboxylic acid groups (broad SMARTS) is 1. The number of hydrogen-bond acceptors (Lipinski definition) is 5. The highest BCUT2D eigenvalue weighted by Crippen LogP contribution is 2.24. The van der Waals surface area contributed by atoms with Crippen molar-refractivity contribution in [2.45, 2.75) is 6.92 Å². The second kappa shape index (κ2) is 5.35. The molecule has 0 unspecified atom stereocenters. The number of anilines is 2. The summed E-state index contributed by atoms with van der Waals surface area (Å²) in [5, 5.41) is 22.6. The van der Waals surface area contributed by atoms with Crippen LogP contribution in [-0.4, -0.2) is 21.0 Å². The summed E-state index contributed by atoms with van der Waals surface area (Å²) >= 11 is 0. The normalized spacial score (nSPS) is 10.1. The van der Waals surface area contributed by atoms with Crippen LogP contribution in [0.5, 0.6) is 0 Å². The summed E-state index contributed by atoms with van der Waals surface area (Å²) in [6.45, 7) is 1.86. The molecule has 0 atom stereocenters. The summed E-state index contributed by atoms with van der Waals surface area (Å²) in [6.07, 6.45) is 1.02. The molecule has 0 fully saturated rings. The van der Waals surface area contributed by atoms with E-state index in [1.165, 1.54) is 0 Å². The number of nitro groups is 1. The molecule has 0 radical (unpaired) electrons. The van der Waals surface area contributed by atoms with Gasteiger partial charge in [0.2, 0.25) is 0 Å². The maximum atomic E-state index is 11.2. The van der Waals surface area contributed by atoms with Crippen LogP contribution in [0.2, 0.25) is 0 Å². The highest BCUT2D eigenvalue weighted by atomic mass is 16.6. The van der Waals surface area contributed by atoms with Gasteiger partial charge in [0.25, 0.3) is 5.69 Å². The standard InChI is InChI=1S/C13H11N3O4/c1-8-4-2-3-5-11(8)15-12-10(13(17)18)6-9(7-14-12)16(19)20/h2-7H,1H3,(H,14,15)(H,17,18). The van der Waals surface area contributed by atoms with Crippen molar-refractivity contribution in [3.05, 3.63) is 57.8 Å². The number of hydrogen-bond donors (Lipinski definition) is 2. The molecule has 2 N–H and O–H groups in total. The Labute approximate surface area is 114 Å². The van der Waals surface area contributed by atoms with Crippen molar-refractivity contribution in [2.75, 3.05) is 5.32 Å². The first-order chi connectivity index (χ1) is 9.49. The number of carboxylic acids is 1. The zero-order valence-corrected chi connectivity index (χ0v) is 10.5. The first-order valence-corrected chi connectivity index (χ1v) is 5.69. The lowest BCUT2D eigenvalue weighted by Crippen LogP contribution is -2.06. The third-order valence-corrected chi connectivity index (χ3v) is 2.71. The van der Waals surface area contributed by atoms with Gasteiger partial charge < -0.3 is 10.4 Å². The van der Waals surface area contributed by atoms with Crippen LogP contribution in [-0.2, 0) is 0 Å². The van der Waals surface area contributed by atoms with Crippen LogP contribution in [0.25, 0.3) is 0 Å². The van der Waals surface area contributed by atoms with Gasteiger partial charge in [0.1, 0.15) is 17.6 Å². The molecule has 102 valence electrons. The first kappa shape index (κ1) is 13.5. The number of aryl methyl sites for hydroxylation is 1. The number of para-hydroxylation sites is 1. The molecular weight excluding hydrogens is 262 g/mol. The third kappa shape index (κ3) is 2.72. The fourth-order valence-electron chi connectivity index (χ4n) is 1.66.